The van der Waals surface area contributed by atoms with Crippen molar-refractivity contribution in [2.75, 3.05) is 7.11 Å². The van der Waals surface area contributed by atoms with Gasteiger partial charge in [-0.15, -0.1) is 0 Å². The molecule has 0 aliphatic rings. The van der Waals surface area contributed by atoms with Gasteiger partial charge < -0.3 is 9.47 Å². The first-order valence-electron chi connectivity index (χ1n) is 10.8. The average molecular weight is 513 g/mol. The van der Waals surface area contributed by atoms with Gasteiger partial charge in [-0.25, -0.2) is 4.98 Å². The van der Waals surface area contributed by atoms with Gasteiger partial charge in [-0.2, -0.15) is 0 Å². The molecule has 0 aliphatic carbocycles. The van der Waals surface area contributed by atoms with E-state index in [1.165, 1.54) is 0 Å². The molecule has 5 rings (SSSR count). The summed E-state index contributed by atoms with van der Waals surface area (Å²) in [6.45, 7) is 0.462. The minimum Gasteiger partial charge on any atom is -0.497 e. The third kappa shape index (κ3) is 4.45. The number of fused-ring (bicyclic) bond motifs is 1. The molecule has 0 unspecified atom stereocenters. The molecule has 168 valence electrons. The van der Waals surface area contributed by atoms with Gasteiger partial charge in [-0.1, -0.05) is 40.2 Å². The molecule has 1 aromatic heterocycles. The Morgan fingerprint density at radius 2 is 1.59 bits per heavy atom. The summed E-state index contributed by atoms with van der Waals surface area (Å²) >= 11 is 3.48. The molecule has 0 spiro atoms. The van der Waals surface area contributed by atoms with Gasteiger partial charge in [0.15, 0.2) is 0 Å². The predicted octanol–water partition coefficient (Wildman–Crippen LogP) is 6.40. The minimum absolute atomic E-state index is 0.124. The van der Waals surface area contributed by atoms with Crippen molar-refractivity contribution >= 4 is 26.8 Å². The van der Waals surface area contributed by atoms with E-state index >= 15 is 0 Å². The molecule has 34 heavy (non-hydrogen) atoms. The summed E-state index contributed by atoms with van der Waals surface area (Å²) in [6.07, 6.45) is 0. The van der Waals surface area contributed by atoms with Crippen molar-refractivity contribution in [2.24, 2.45) is 0 Å². The number of benzene rings is 4. The van der Waals surface area contributed by atoms with Crippen LogP contribution in [0.25, 0.3) is 28.0 Å². The van der Waals surface area contributed by atoms with E-state index < -0.39 is 0 Å². The lowest BCUT2D eigenvalue weighted by molar-refractivity contribution is 0.306. The van der Waals surface area contributed by atoms with Crippen LogP contribution in [0.5, 0.6) is 11.5 Å². The first kappa shape index (κ1) is 21.9. The van der Waals surface area contributed by atoms with E-state index in [0.29, 0.717) is 29.0 Å². The highest BCUT2D eigenvalue weighted by Crippen LogP contribution is 2.26. The Morgan fingerprint density at radius 3 is 2.32 bits per heavy atom. The second kappa shape index (κ2) is 9.53. The van der Waals surface area contributed by atoms with E-state index in [4.69, 9.17) is 14.5 Å². The standard InChI is InChI=1S/C28H21BrN2O3/c1-33-23-15-11-22(12-16-23)31-27(30-26-8-3-2-7-25(26)28(31)32)20-9-13-24(14-10-20)34-18-19-5-4-6-21(29)17-19/h2-17H,18H2,1H3. The van der Waals surface area contributed by atoms with Crippen LogP contribution in [0.15, 0.2) is 106 Å². The molecule has 0 saturated heterocycles. The summed E-state index contributed by atoms with van der Waals surface area (Å²) in [5.74, 6) is 2.02. The Kier molecular flexibility index (Phi) is 6.14. The SMILES string of the molecule is COc1ccc(-n2c(-c3ccc(OCc4cccc(Br)c4)cc3)nc3ccccc3c2=O)cc1. The van der Waals surface area contributed by atoms with Crippen LogP contribution in [-0.4, -0.2) is 16.7 Å². The van der Waals surface area contributed by atoms with Crippen molar-refractivity contribution in [1.82, 2.24) is 9.55 Å². The van der Waals surface area contributed by atoms with Crippen LogP contribution >= 0.6 is 15.9 Å². The fraction of sp³-hybridized carbons (Fsp3) is 0.0714. The van der Waals surface area contributed by atoms with Crippen molar-refractivity contribution in [3.63, 3.8) is 0 Å². The molecule has 0 N–H and O–H groups in total. The molecular weight excluding hydrogens is 492 g/mol. The number of methoxy groups -OCH3 is 1. The third-order valence-electron chi connectivity index (χ3n) is 5.51. The molecule has 0 bridgehead atoms. The molecule has 0 fully saturated rings. The van der Waals surface area contributed by atoms with Crippen LogP contribution < -0.4 is 15.0 Å². The zero-order valence-corrected chi connectivity index (χ0v) is 20.0. The largest absolute Gasteiger partial charge is 0.497 e. The molecule has 0 aliphatic heterocycles. The molecule has 4 aromatic carbocycles. The van der Waals surface area contributed by atoms with Gasteiger partial charge in [0.2, 0.25) is 0 Å². The van der Waals surface area contributed by atoms with Crippen molar-refractivity contribution in [2.45, 2.75) is 6.61 Å². The number of rotatable bonds is 6. The van der Waals surface area contributed by atoms with Gasteiger partial charge in [-0.3, -0.25) is 9.36 Å². The van der Waals surface area contributed by atoms with Gasteiger partial charge in [0.1, 0.15) is 23.9 Å². The smallest absolute Gasteiger partial charge is 0.266 e. The van der Waals surface area contributed by atoms with E-state index in [0.717, 1.165) is 27.1 Å². The highest BCUT2D eigenvalue weighted by Gasteiger charge is 2.15. The van der Waals surface area contributed by atoms with Crippen LogP contribution in [0.2, 0.25) is 0 Å². The summed E-state index contributed by atoms with van der Waals surface area (Å²) in [7, 11) is 1.62. The molecule has 0 atom stereocenters. The monoisotopic (exact) mass is 512 g/mol. The molecule has 0 radical (unpaired) electrons. The summed E-state index contributed by atoms with van der Waals surface area (Å²) < 4.78 is 13.9. The second-order valence-corrected chi connectivity index (χ2v) is 8.65. The second-order valence-electron chi connectivity index (χ2n) is 7.73. The van der Waals surface area contributed by atoms with E-state index in [2.05, 4.69) is 15.9 Å². The first-order chi connectivity index (χ1) is 16.6. The number of nitrogens with zero attached hydrogens (tertiary/aromatic N) is 2. The lowest BCUT2D eigenvalue weighted by Crippen LogP contribution is -2.21. The highest BCUT2D eigenvalue weighted by atomic mass is 79.9. The van der Waals surface area contributed by atoms with Gasteiger partial charge in [0, 0.05) is 10.0 Å². The van der Waals surface area contributed by atoms with Crippen LogP contribution in [0.3, 0.4) is 0 Å². The van der Waals surface area contributed by atoms with E-state index in [1.54, 1.807) is 17.7 Å². The summed E-state index contributed by atoms with van der Waals surface area (Å²) in [4.78, 5) is 18.3. The summed E-state index contributed by atoms with van der Waals surface area (Å²) in [5, 5.41) is 0.566. The molecule has 5 nitrogen and oxygen atoms in total. The Hall–Kier alpha value is -3.90. The fourth-order valence-electron chi connectivity index (χ4n) is 3.79. The normalized spacial score (nSPS) is 10.9. The van der Waals surface area contributed by atoms with Crippen LogP contribution in [0.4, 0.5) is 0 Å². The maximum Gasteiger partial charge on any atom is 0.266 e. The molecule has 5 aromatic rings. The molecule has 0 amide bonds. The molecule has 0 saturated carbocycles. The van der Waals surface area contributed by atoms with Crippen LogP contribution in [-0.2, 0) is 6.61 Å². The summed E-state index contributed by atoms with van der Waals surface area (Å²) in [6, 6.07) is 30.4. The first-order valence-corrected chi connectivity index (χ1v) is 11.6. The topological polar surface area (TPSA) is 53.4 Å². The molecular formula is C28H21BrN2O3. The number of hydrogen-bond donors (Lipinski definition) is 0. The number of halogens is 1. The maximum atomic E-state index is 13.5. The lowest BCUT2D eigenvalue weighted by atomic mass is 10.1. The zero-order chi connectivity index (χ0) is 23.5. The predicted molar refractivity (Wildman–Crippen MR) is 138 cm³/mol. The number of hydrogen-bond acceptors (Lipinski definition) is 4. The third-order valence-corrected chi connectivity index (χ3v) is 6.01. The number of para-hydroxylation sites is 1. The van der Waals surface area contributed by atoms with E-state index in [9.17, 15) is 4.79 Å². The minimum atomic E-state index is -0.124. The Labute approximate surface area is 205 Å². The van der Waals surface area contributed by atoms with Gasteiger partial charge in [0.05, 0.1) is 23.7 Å². The van der Waals surface area contributed by atoms with Crippen molar-refractivity contribution in [3.05, 3.63) is 117 Å². The van der Waals surface area contributed by atoms with Gasteiger partial charge in [0.25, 0.3) is 5.56 Å². The highest BCUT2D eigenvalue weighted by molar-refractivity contribution is 9.10. The quantitative estimate of drug-likeness (QED) is 0.264. The fourth-order valence-corrected chi connectivity index (χ4v) is 4.24. The van der Waals surface area contributed by atoms with Crippen molar-refractivity contribution in [1.29, 1.82) is 0 Å². The van der Waals surface area contributed by atoms with Crippen LogP contribution in [0, 0.1) is 0 Å². The number of aromatic nitrogens is 2. The average Bonchev–Trinajstić information content (AvgIpc) is 2.88. The maximum absolute atomic E-state index is 13.5. The van der Waals surface area contributed by atoms with Gasteiger partial charge >= 0.3 is 0 Å². The molecule has 6 heteroatoms. The van der Waals surface area contributed by atoms with E-state index in [1.807, 2.05) is 91.0 Å². The Balaban J connectivity index is 1.53. The summed E-state index contributed by atoms with van der Waals surface area (Å²) in [5.41, 5.74) is 3.13. The van der Waals surface area contributed by atoms with Gasteiger partial charge in [-0.05, 0) is 78.4 Å². The van der Waals surface area contributed by atoms with Crippen molar-refractivity contribution in [3.8, 4) is 28.6 Å². The van der Waals surface area contributed by atoms with E-state index in [-0.39, 0.29) is 5.56 Å². The Morgan fingerprint density at radius 1 is 0.853 bits per heavy atom. The zero-order valence-electron chi connectivity index (χ0n) is 18.4. The number of ether oxygens (including phenoxy) is 2. The van der Waals surface area contributed by atoms with Crippen LogP contribution in [0.1, 0.15) is 5.56 Å². The van der Waals surface area contributed by atoms with Crippen molar-refractivity contribution < 1.29 is 9.47 Å². The molecule has 1 heterocycles. The lowest BCUT2D eigenvalue weighted by Gasteiger charge is -2.15. The Bertz CT molecular complexity index is 1510.